The fourth-order valence-corrected chi connectivity index (χ4v) is 5.45. The number of nitrogens with two attached hydrogens (primary N) is 1. The third kappa shape index (κ3) is 3.83. The van der Waals surface area contributed by atoms with Crippen LogP contribution in [0.4, 0.5) is 14.5 Å². The summed E-state index contributed by atoms with van der Waals surface area (Å²) in [6, 6.07) is 1.81. The molecule has 1 spiro atoms. The summed E-state index contributed by atoms with van der Waals surface area (Å²) in [5.74, 6) is -3.42. The van der Waals surface area contributed by atoms with Gasteiger partial charge in [0.2, 0.25) is 5.91 Å². The summed E-state index contributed by atoms with van der Waals surface area (Å²) in [6.45, 7) is 0.359. The van der Waals surface area contributed by atoms with Crippen molar-refractivity contribution in [2.75, 3.05) is 11.4 Å². The van der Waals surface area contributed by atoms with Crippen LogP contribution in [-0.4, -0.2) is 39.9 Å². The van der Waals surface area contributed by atoms with Gasteiger partial charge < -0.3 is 20.5 Å². The van der Waals surface area contributed by atoms with E-state index in [2.05, 4.69) is 10.3 Å². The van der Waals surface area contributed by atoms with Gasteiger partial charge in [-0.15, -0.1) is 0 Å². The quantitative estimate of drug-likeness (QED) is 0.625. The van der Waals surface area contributed by atoms with Crippen molar-refractivity contribution < 1.29 is 23.2 Å². The topological polar surface area (TPSA) is 110 Å². The van der Waals surface area contributed by atoms with Crippen molar-refractivity contribution in [2.24, 2.45) is 11.1 Å². The van der Waals surface area contributed by atoms with Gasteiger partial charge in [0.05, 0.1) is 22.5 Å². The second kappa shape index (κ2) is 8.33. The molecular formula is C23H24ClF2N5O3. The minimum Gasteiger partial charge on any atom is -0.364 e. The zero-order chi connectivity index (χ0) is 24.2. The minimum atomic E-state index is -1.06. The Morgan fingerprint density at radius 2 is 1.79 bits per heavy atom. The van der Waals surface area contributed by atoms with E-state index >= 15 is 0 Å². The third-order valence-electron chi connectivity index (χ3n) is 7.25. The standard InChI is InChI=1S/C23H24ClF2N5O3/c24-14-9-15(25)16(26)10-17(14)30-8-7-23(22(30)34)5-3-13(4-6-23)31-11-28-18(19(31)20(27)32)21(33)29-12-1-2-12/h9-13H,1-8H2,(H2,27,32)(H,29,33). The Morgan fingerprint density at radius 3 is 2.44 bits per heavy atom. The van der Waals surface area contributed by atoms with Crippen LogP contribution in [0.2, 0.25) is 5.02 Å². The number of amides is 3. The first-order valence-corrected chi connectivity index (χ1v) is 11.7. The van der Waals surface area contributed by atoms with E-state index in [0.29, 0.717) is 38.6 Å². The minimum absolute atomic E-state index is 0.0143. The van der Waals surface area contributed by atoms with Gasteiger partial charge in [-0.3, -0.25) is 14.4 Å². The number of carbonyl (C=O) groups excluding carboxylic acids is 3. The summed E-state index contributed by atoms with van der Waals surface area (Å²) >= 11 is 6.10. The van der Waals surface area contributed by atoms with Crippen molar-refractivity contribution in [1.29, 1.82) is 0 Å². The molecule has 0 radical (unpaired) electrons. The number of hydrogen-bond acceptors (Lipinski definition) is 4. The van der Waals surface area contributed by atoms with Crippen LogP contribution < -0.4 is 16.0 Å². The number of halogens is 3. The monoisotopic (exact) mass is 491 g/mol. The fraction of sp³-hybridized carbons (Fsp3) is 0.478. The van der Waals surface area contributed by atoms with Crippen molar-refractivity contribution in [1.82, 2.24) is 14.9 Å². The van der Waals surface area contributed by atoms with Crippen molar-refractivity contribution in [3.05, 3.63) is 46.5 Å². The van der Waals surface area contributed by atoms with E-state index in [4.69, 9.17) is 17.3 Å². The van der Waals surface area contributed by atoms with Gasteiger partial charge in [-0.05, 0) is 51.0 Å². The Hall–Kier alpha value is -3.01. The zero-order valence-electron chi connectivity index (χ0n) is 18.3. The lowest BCUT2D eigenvalue weighted by molar-refractivity contribution is -0.127. The fourth-order valence-electron chi connectivity index (χ4n) is 5.20. The molecule has 0 bridgehead atoms. The van der Waals surface area contributed by atoms with Crippen LogP contribution in [0.15, 0.2) is 18.5 Å². The highest BCUT2D eigenvalue weighted by Gasteiger charge is 2.49. The maximum atomic E-state index is 13.8. The van der Waals surface area contributed by atoms with Crippen molar-refractivity contribution >= 4 is 35.0 Å². The average molecular weight is 492 g/mol. The highest BCUT2D eigenvalue weighted by atomic mass is 35.5. The molecule has 11 heteroatoms. The van der Waals surface area contributed by atoms with Crippen LogP contribution >= 0.6 is 11.6 Å². The molecular weight excluding hydrogens is 468 g/mol. The number of primary amides is 1. The van der Waals surface area contributed by atoms with Gasteiger partial charge >= 0.3 is 0 Å². The number of hydrogen-bond donors (Lipinski definition) is 2. The number of anilines is 1. The summed E-state index contributed by atoms with van der Waals surface area (Å²) in [6.07, 6.45) is 6.07. The van der Waals surface area contributed by atoms with Gasteiger partial charge in [0.1, 0.15) is 5.69 Å². The third-order valence-corrected chi connectivity index (χ3v) is 7.56. The van der Waals surface area contributed by atoms with Crippen LogP contribution in [0.1, 0.15) is 72.0 Å². The Morgan fingerprint density at radius 1 is 1.12 bits per heavy atom. The molecule has 180 valence electrons. The van der Waals surface area contributed by atoms with Crippen molar-refractivity contribution in [3.63, 3.8) is 0 Å². The molecule has 0 atom stereocenters. The van der Waals surface area contributed by atoms with Gasteiger partial charge in [-0.25, -0.2) is 13.8 Å². The van der Waals surface area contributed by atoms with Crippen LogP contribution in [0.25, 0.3) is 0 Å². The summed E-state index contributed by atoms with van der Waals surface area (Å²) in [5, 5.41) is 2.81. The maximum Gasteiger partial charge on any atom is 0.272 e. The Balaban J connectivity index is 1.33. The molecule has 2 heterocycles. The predicted molar refractivity (Wildman–Crippen MR) is 120 cm³/mol. The second-order valence-corrected chi connectivity index (χ2v) is 9.80. The normalized spacial score (nSPS) is 24.6. The SMILES string of the molecule is NC(=O)c1c(C(=O)NC2CC2)ncn1C1CCC2(CC1)CCN(c1cc(F)c(F)cc1Cl)C2=O. The molecule has 2 aliphatic carbocycles. The van der Waals surface area contributed by atoms with E-state index in [-0.39, 0.29) is 40.1 Å². The van der Waals surface area contributed by atoms with E-state index in [9.17, 15) is 23.2 Å². The first kappa shape index (κ1) is 22.8. The summed E-state index contributed by atoms with van der Waals surface area (Å²) < 4.78 is 28.9. The molecule has 1 aromatic heterocycles. The summed E-state index contributed by atoms with van der Waals surface area (Å²) in [5.41, 5.74) is 5.23. The number of benzene rings is 1. The average Bonchev–Trinajstić information content (AvgIpc) is 3.41. The van der Waals surface area contributed by atoms with Crippen molar-refractivity contribution in [2.45, 2.75) is 57.0 Å². The predicted octanol–water partition coefficient (Wildman–Crippen LogP) is 3.34. The van der Waals surface area contributed by atoms with Gasteiger partial charge in [-0.2, -0.15) is 0 Å². The molecule has 3 fully saturated rings. The molecule has 3 aliphatic rings. The molecule has 3 N–H and O–H groups in total. The van der Waals surface area contributed by atoms with E-state index in [1.807, 2.05) is 0 Å². The molecule has 5 rings (SSSR count). The number of imidazole rings is 1. The molecule has 1 aliphatic heterocycles. The van der Waals surface area contributed by atoms with Crippen molar-refractivity contribution in [3.8, 4) is 0 Å². The van der Waals surface area contributed by atoms with Gasteiger partial charge in [-0.1, -0.05) is 11.6 Å². The smallest absolute Gasteiger partial charge is 0.272 e. The number of aromatic nitrogens is 2. The largest absolute Gasteiger partial charge is 0.364 e. The number of rotatable bonds is 5. The van der Waals surface area contributed by atoms with Crippen LogP contribution in [-0.2, 0) is 4.79 Å². The van der Waals surface area contributed by atoms with Crippen LogP contribution in [0, 0.1) is 17.0 Å². The van der Waals surface area contributed by atoms with E-state index in [1.165, 1.54) is 11.2 Å². The molecule has 34 heavy (non-hydrogen) atoms. The first-order chi connectivity index (χ1) is 16.2. The van der Waals surface area contributed by atoms with Gasteiger partial charge in [0, 0.05) is 24.7 Å². The van der Waals surface area contributed by atoms with E-state index in [1.54, 1.807) is 4.57 Å². The van der Waals surface area contributed by atoms with E-state index < -0.39 is 28.9 Å². The lowest BCUT2D eigenvalue weighted by Gasteiger charge is -2.36. The van der Waals surface area contributed by atoms with Crippen LogP contribution in [0.5, 0.6) is 0 Å². The Kier molecular flexibility index (Phi) is 5.58. The van der Waals surface area contributed by atoms with Gasteiger partial charge in [0.15, 0.2) is 17.3 Å². The summed E-state index contributed by atoms with van der Waals surface area (Å²) in [7, 11) is 0. The Labute approximate surface area is 199 Å². The molecule has 8 nitrogen and oxygen atoms in total. The molecule has 2 aromatic rings. The molecule has 0 unspecified atom stereocenters. The van der Waals surface area contributed by atoms with Gasteiger partial charge in [0.25, 0.3) is 11.8 Å². The molecule has 1 saturated heterocycles. The number of nitrogens with zero attached hydrogens (tertiary/aromatic N) is 3. The molecule has 1 aromatic carbocycles. The van der Waals surface area contributed by atoms with Crippen LogP contribution in [0.3, 0.4) is 0 Å². The Bertz CT molecular complexity index is 1190. The maximum absolute atomic E-state index is 13.8. The van der Waals surface area contributed by atoms with E-state index in [0.717, 1.165) is 25.0 Å². The zero-order valence-corrected chi connectivity index (χ0v) is 19.1. The molecule has 3 amide bonds. The second-order valence-electron chi connectivity index (χ2n) is 9.40. The lowest BCUT2D eigenvalue weighted by Crippen LogP contribution is -2.38. The molecule has 2 saturated carbocycles. The number of nitrogens with one attached hydrogen (secondary N) is 1. The summed E-state index contributed by atoms with van der Waals surface area (Å²) in [4.78, 5) is 43.6. The highest BCUT2D eigenvalue weighted by molar-refractivity contribution is 6.34. The highest BCUT2D eigenvalue weighted by Crippen LogP contribution is 2.49. The number of carbonyl (C=O) groups is 3. The lowest BCUT2D eigenvalue weighted by atomic mass is 9.71. The first-order valence-electron chi connectivity index (χ1n) is 11.3.